The average molecular weight is 471 g/mol. The number of aliphatic hydroxyl groups excluding tert-OH is 2. The summed E-state index contributed by atoms with van der Waals surface area (Å²) in [5.74, 6) is -1.49. The molecule has 3 atom stereocenters. The first kappa shape index (κ1) is 27.0. The Labute approximate surface area is 193 Å². The second kappa shape index (κ2) is 14.1. The predicted octanol–water partition coefficient (Wildman–Crippen LogP) is -0.167. The van der Waals surface area contributed by atoms with Crippen molar-refractivity contribution in [3.63, 3.8) is 0 Å². The second-order valence-corrected chi connectivity index (χ2v) is 7.91. The van der Waals surface area contributed by atoms with Crippen LogP contribution in [0.5, 0.6) is 5.75 Å². The molecule has 0 radical (unpaired) electrons. The van der Waals surface area contributed by atoms with Crippen LogP contribution in [0.25, 0.3) is 0 Å². The number of ether oxygens (including phenoxy) is 4. The van der Waals surface area contributed by atoms with E-state index < -0.39 is 30.4 Å². The lowest BCUT2D eigenvalue weighted by Gasteiger charge is -2.31. The van der Waals surface area contributed by atoms with Gasteiger partial charge in [0.25, 0.3) is 5.91 Å². The molecule has 1 fully saturated rings. The van der Waals surface area contributed by atoms with Crippen LogP contribution >= 0.6 is 0 Å². The van der Waals surface area contributed by atoms with Gasteiger partial charge in [-0.3, -0.25) is 4.79 Å². The molecule has 186 valence electrons. The third-order valence-electron chi connectivity index (χ3n) is 4.86. The van der Waals surface area contributed by atoms with E-state index in [1.165, 1.54) is 12.1 Å². The first-order chi connectivity index (χ1) is 15.8. The van der Waals surface area contributed by atoms with Crippen molar-refractivity contribution in [2.75, 3.05) is 53.6 Å². The van der Waals surface area contributed by atoms with Crippen LogP contribution in [0, 0.1) is 0 Å². The van der Waals surface area contributed by atoms with Crippen LogP contribution < -0.4 is 10.1 Å². The lowest BCUT2D eigenvalue weighted by Crippen LogP contribution is -2.42. The summed E-state index contributed by atoms with van der Waals surface area (Å²) in [6.07, 6.45) is -3.10. The van der Waals surface area contributed by atoms with E-state index in [1.54, 1.807) is 6.07 Å². The van der Waals surface area contributed by atoms with Gasteiger partial charge in [-0.2, -0.15) is 0 Å². The number of carbonyl (C=O) groups excluding carboxylic acids is 1. The third kappa shape index (κ3) is 9.62. The molecule has 3 unspecified atom stereocenters. The molecule has 0 saturated carbocycles. The summed E-state index contributed by atoms with van der Waals surface area (Å²) in [5, 5.41) is 31.2. The molecule has 1 aliphatic heterocycles. The molecule has 1 amide bonds. The predicted molar refractivity (Wildman–Crippen MR) is 117 cm³/mol. The standard InChI is InChI=1S/C22H34N2O9/c1-24(2)6-8-31-10-9-30-7-5-23-21(27)17-11-15(14-25)3-4-18(17)32-20-13-16(26)12-19(33-20)22(28)29/h3-4,11,16,19-20,25-26H,5-10,12-14H2,1-2H3,(H,23,27)(H,28,29). The van der Waals surface area contributed by atoms with Crippen molar-refractivity contribution in [3.8, 4) is 5.75 Å². The molecule has 0 aromatic heterocycles. The van der Waals surface area contributed by atoms with E-state index >= 15 is 0 Å². The fourth-order valence-electron chi connectivity index (χ4n) is 3.09. The normalized spacial score (nSPS) is 20.6. The summed E-state index contributed by atoms with van der Waals surface area (Å²) in [5.41, 5.74) is 0.663. The summed E-state index contributed by atoms with van der Waals surface area (Å²) in [7, 11) is 3.93. The van der Waals surface area contributed by atoms with E-state index in [9.17, 15) is 19.8 Å². The number of likely N-dealkylation sites (N-methyl/N-ethyl adjacent to an activating group) is 1. The van der Waals surface area contributed by atoms with Crippen LogP contribution in [-0.4, -0.2) is 104 Å². The van der Waals surface area contributed by atoms with Crippen LogP contribution in [0.15, 0.2) is 18.2 Å². The number of carbonyl (C=O) groups is 2. The number of nitrogens with one attached hydrogen (secondary N) is 1. The molecule has 33 heavy (non-hydrogen) atoms. The summed E-state index contributed by atoms with van der Waals surface area (Å²) in [4.78, 5) is 26.0. The first-order valence-electron chi connectivity index (χ1n) is 10.8. The molecule has 2 rings (SSSR count). The fourth-order valence-corrected chi connectivity index (χ4v) is 3.09. The topological polar surface area (TPSA) is 147 Å². The van der Waals surface area contributed by atoms with E-state index in [0.717, 1.165) is 6.54 Å². The minimum atomic E-state index is -1.20. The Morgan fingerprint density at radius 2 is 1.88 bits per heavy atom. The Balaban J connectivity index is 1.86. The molecule has 0 bridgehead atoms. The first-order valence-corrected chi connectivity index (χ1v) is 10.8. The maximum atomic E-state index is 12.7. The van der Waals surface area contributed by atoms with Gasteiger partial charge in [0.05, 0.1) is 44.7 Å². The molecule has 1 heterocycles. The van der Waals surface area contributed by atoms with Gasteiger partial charge in [0.1, 0.15) is 5.75 Å². The molecule has 4 N–H and O–H groups in total. The highest BCUT2D eigenvalue weighted by Gasteiger charge is 2.34. The largest absolute Gasteiger partial charge is 0.479 e. The van der Waals surface area contributed by atoms with Gasteiger partial charge in [-0.25, -0.2) is 4.79 Å². The summed E-state index contributed by atoms with van der Waals surface area (Å²) in [6.45, 7) is 2.58. The van der Waals surface area contributed by atoms with Gasteiger partial charge in [0.15, 0.2) is 6.10 Å². The molecule has 1 aromatic carbocycles. The van der Waals surface area contributed by atoms with Gasteiger partial charge in [-0.15, -0.1) is 0 Å². The highest BCUT2D eigenvalue weighted by atomic mass is 16.7. The Bertz CT molecular complexity index is 759. The van der Waals surface area contributed by atoms with Crippen LogP contribution in [0.2, 0.25) is 0 Å². The maximum Gasteiger partial charge on any atom is 0.333 e. The number of hydrogen-bond donors (Lipinski definition) is 4. The van der Waals surface area contributed by atoms with E-state index in [0.29, 0.717) is 25.4 Å². The number of hydrogen-bond acceptors (Lipinski definition) is 9. The van der Waals surface area contributed by atoms with Crippen LogP contribution in [0.1, 0.15) is 28.8 Å². The van der Waals surface area contributed by atoms with E-state index in [1.807, 2.05) is 19.0 Å². The van der Waals surface area contributed by atoms with Crippen molar-refractivity contribution in [2.24, 2.45) is 0 Å². The van der Waals surface area contributed by atoms with Crippen molar-refractivity contribution in [1.82, 2.24) is 10.2 Å². The van der Waals surface area contributed by atoms with Crippen molar-refractivity contribution < 1.29 is 43.9 Å². The molecular weight excluding hydrogens is 436 g/mol. The SMILES string of the molecule is CN(C)CCOCCOCCNC(=O)c1cc(CO)ccc1OC1CC(O)CC(C(=O)O)O1. The number of carboxylic acid groups (broad SMARTS) is 1. The molecule has 11 heteroatoms. The van der Waals surface area contributed by atoms with Crippen molar-refractivity contribution in [3.05, 3.63) is 29.3 Å². The van der Waals surface area contributed by atoms with Gasteiger partial charge >= 0.3 is 5.97 Å². The van der Waals surface area contributed by atoms with Gasteiger partial charge in [-0.1, -0.05) is 6.07 Å². The number of rotatable bonds is 14. The molecule has 1 saturated heterocycles. The Hall–Kier alpha value is -2.28. The van der Waals surface area contributed by atoms with Crippen molar-refractivity contribution in [2.45, 2.75) is 37.9 Å². The van der Waals surface area contributed by atoms with Gasteiger partial charge in [0, 0.05) is 25.9 Å². The zero-order valence-electron chi connectivity index (χ0n) is 19.1. The molecular formula is C22H34N2O9. The van der Waals surface area contributed by atoms with Gasteiger partial charge < -0.3 is 44.5 Å². The minimum Gasteiger partial charge on any atom is -0.479 e. The lowest BCUT2D eigenvalue weighted by molar-refractivity contribution is -0.195. The second-order valence-electron chi connectivity index (χ2n) is 7.91. The summed E-state index contributed by atoms with van der Waals surface area (Å²) >= 11 is 0. The Kier molecular flexibility index (Phi) is 11.5. The number of aliphatic hydroxyl groups is 2. The highest BCUT2D eigenvalue weighted by Crippen LogP contribution is 2.27. The van der Waals surface area contributed by atoms with Crippen LogP contribution in [-0.2, 0) is 25.6 Å². The van der Waals surface area contributed by atoms with E-state index in [2.05, 4.69) is 5.32 Å². The number of aliphatic carboxylic acids is 1. The maximum absolute atomic E-state index is 12.7. The lowest BCUT2D eigenvalue weighted by atomic mass is 10.0. The molecule has 1 aromatic rings. The zero-order chi connectivity index (χ0) is 24.2. The number of amides is 1. The summed E-state index contributed by atoms with van der Waals surface area (Å²) < 4.78 is 22.0. The Morgan fingerprint density at radius 1 is 1.15 bits per heavy atom. The van der Waals surface area contributed by atoms with Crippen molar-refractivity contribution >= 4 is 11.9 Å². The number of carboxylic acids is 1. The monoisotopic (exact) mass is 470 g/mol. The fraction of sp³-hybridized carbons (Fsp3) is 0.636. The Morgan fingerprint density at radius 3 is 2.55 bits per heavy atom. The van der Waals surface area contributed by atoms with E-state index in [4.69, 9.17) is 24.1 Å². The quantitative estimate of drug-likeness (QED) is 0.270. The highest BCUT2D eigenvalue weighted by molar-refractivity contribution is 5.97. The van der Waals surface area contributed by atoms with Crippen molar-refractivity contribution in [1.29, 1.82) is 0 Å². The third-order valence-corrected chi connectivity index (χ3v) is 4.86. The molecule has 0 aliphatic carbocycles. The smallest absolute Gasteiger partial charge is 0.333 e. The molecule has 1 aliphatic rings. The summed E-state index contributed by atoms with van der Waals surface area (Å²) in [6, 6.07) is 4.57. The number of nitrogens with zero attached hydrogens (tertiary/aromatic N) is 1. The molecule has 0 spiro atoms. The molecule has 11 nitrogen and oxygen atoms in total. The van der Waals surface area contributed by atoms with Gasteiger partial charge in [0.2, 0.25) is 6.29 Å². The average Bonchev–Trinajstić information content (AvgIpc) is 2.77. The van der Waals surface area contributed by atoms with Crippen LogP contribution in [0.3, 0.4) is 0 Å². The van der Waals surface area contributed by atoms with E-state index in [-0.39, 0.29) is 43.9 Å². The van der Waals surface area contributed by atoms with Crippen LogP contribution in [0.4, 0.5) is 0 Å². The minimum absolute atomic E-state index is 0.0350. The zero-order valence-corrected chi connectivity index (χ0v) is 19.1. The number of benzene rings is 1. The van der Waals surface area contributed by atoms with Gasteiger partial charge in [-0.05, 0) is 31.8 Å².